The number of hydrogen-bond donors (Lipinski definition) is 0. The zero-order valence-corrected chi connectivity index (χ0v) is 10.9. The van der Waals surface area contributed by atoms with Crippen LogP contribution in [0, 0.1) is 0 Å². The smallest absolute Gasteiger partial charge is 0.0596 e. The van der Waals surface area contributed by atoms with E-state index in [-0.39, 0.29) is 0 Å². The monoisotopic (exact) mass is 216 g/mol. The van der Waals surface area contributed by atoms with Gasteiger partial charge in [0.05, 0.1) is 12.2 Å². The second kappa shape index (κ2) is 10.4. The molecule has 0 radical (unpaired) electrons. The fourth-order valence-corrected chi connectivity index (χ4v) is 1.82. The number of rotatable bonds is 10. The Morgan fingerprint density at radius 1 is 0.800 bits per heavy atom. The third-order valence-electron chi connectivity index (χ3n) is 2.95. The lowest BCUT2D eigenvalue weighted by molar-refractivity contribution is 0.0137. The fraction of sp³-hybridized carbons (Fsp3) is 1.00. The van der Waals surface area contributed by atoms with Gasteiger partial charge < -0.3 is 9.47 Å². The van der Waals surface area contributed by atoms with E-state index in [9.17, 15) is 0 Å². The largest absolute Gasteiger partial charge is 0.381 e. The van der Waals surface area contributed by atoms with Gasteiger partial charge in [-0.15, -0.1) is 0 Å². The van der Waals surface area contributed by atoms with Crippen molar-refractivity contribution in [3.05, 3.63) is 0 Å². The maximum Gasteiger partial charge on any atom is 0.0596 e. The summed E-state index contributed by atoms with van der Waals surface area (Å²) in [5.74, 6) is 0. The highest BCUT2D eigenvalue weighted by Gasteiger charge is 2.14. The molecule has 0 rings (SSSR count). The first-order valence-corrected chi connectivity index (χ1v) is 6.34. The minimum Gasteiger partial charge on any atom is -0.381 e. The van der Waals surface area contributed by atoms with Gasteiger partial charge in [0.25, 0.3) is 0 Å². The lowest BCUT2D eigenvalue weighted by Crippen LogP contribution is -2.21. The van der Waals surface area contributed by atoms with Gasteiger partial charge in [-0.1, -0.05) is 39.5 Å². The van der Waals surface area contributed by atoms with Crippen LogP contribution in [0.1, 0.15) is 58.8 Å². The number of hydrogen-bond acceptors (Lipinski definition) is 2. The summed E-state index contributed by atoms with van der Waals surface area (Å²) >= 11 is 0. The van der Waals surface area contributed by atoms with Crippen LogP contribution in [-0.2, 0) is 9.47 Å². The molecule has 2 unspecified atom stereocenters. The Morgan fingerprint density at radius 3 is 1.47 bits per heavy atom. The van der Waals surface area contributed by atoms with Gasteiger partial charge in [0, 0.05) is 14.2 Å². The molecular formula is C13H28O2. The van der Waals surface area contributed by atoms with Gasteiger partial charge in [0.15, 0.2) is 0 Å². The van der Waals surface area contributed by atoms with Crippen molar-refractivity contribution in [1.82, 2.24) is 0 Å². The second-order valence-corrected chi connectivity index (χ2v) is 4.24. The molecule has 0 bridgehead atoms. The van der Waals surface area contributed by atoms with E-state index in [1.165, 1.54) is 38.5 Å². The molecule has 15 heavy (non-hydrogen) atoms. The van der Waals surface area contributed by atoms with Gasteiger partial charge in [-0.3, -0.25) is 0 Å². The molecule has 0 N–H and O–H groups in total. The van der Waals surface area contributed by atoms with Crippen LogP contribution in [0.25, 0.3) is 0 Å². The van der Waals surface area contributed by atoms with E-state index in [0.29, 0.717) is 12.2 Å². The Kier molecular flexibility index (Phi) is 10.4. The number of methoxy groups -OCH3 is 2. The maximum atomic E-state index is 5.48. The van der Waals surface area contributed by atoms with E-state index in [4.69, 9.17) is 9.47 Å². The van der Waals surface area contributed by atoms with Crippen molar-refractivity contribution in [2.24, 2.45) is 0 Å². The third-order valence-corrected chi connectivity index (χ3v) is 2.95. The molecule has 92 valence electrons. The minimum atomic E-state index is 0.381. The van der Waals surface area contributed by atoms with Gasteiger partial charge in [-0.2, -0.15) is 0 Å². The van der Waals surface area contributed by atoms with Gasteiger partial charge in [-0.25, -0.2) is 0 Å². The van der Waals surface area contributed by atoms with E-state index >= 15 is 0 Å². The topological polar surface area (TPSA) is 18.5 Å². The molecule has 0 saturated heterocycles. The van der Waals surface area contributed by atoms with E-state index in [0.717, 1.165) is 6.42 Å². The summed E-state index contributed by atoms with van der Waals surface area (Å²) in [5.41, 5.74) is 0. The van der Waals surface area contributed by atoms with Crippen LogP contribution in [0.5, 0.6) is 0 Å². The summed E-state index contributed by atoms with van der Waals surface area (Å²) in [4.78, 5) is 0. The summed E-state index contributed by atoms with van der Waals surface area (Å²) in [7, 11) is 3.62. The quantitative estimate of drug-likeness (QED) is 0.553. The van der Waals surface area contributed by atoms with Crippen molar-refractivity contribution in [2.75, 3.05) is 14.2 Å². The Hall–Kier alpha value is -0.0800. The standard InChI is InChI=1S/C13H28O2/c1-5-7-9-12(14-3)11-13(15-4)10-8-6-2/h12-13H,5-11H2,1-4H3. The van der Waals surface area contributed by atoms with Gasteiger partial charge in [0.2, 0.25) is 0 Å². The summed E-state index contributed by atoms with van der Waals surface area (Å²) in [6.45, 7) is 4.44. The molecule has 0 aliphatic heterocycles. The van der Waals surface area contributed by atoms with Crippen molar-refractivity contribution in [3.8, 4) is 0 Å². The van der Waals surface area contributed by atoms with Crippen LogP contribution >= 0.6 is 0 Å². The fourth-order valence-electron chi connectivity index (χ4n) is 1.82. The van der Waals surface area contributed by atoms with E-state index in [2.05, 4.69) is 13.8 Å². The minimum absolute atomic E-state index is 0.381. The summed E-state index contributed by atoms with van der Waals surface area (Å²) < 4.78 is 11.0. The molecule has 0 heterocycles. The van der Waals surface area contributed by atoms with Crippen LogP contribution < -0.4 is 0 Å². The third kappa shape index (κ3) is 7.80. The highest BCUT2D eigenvalue weighted by molar-refractivity contribution is 4.66. The average molecular weight is 216 g/mol. The molecule has 0 fully saturated rings. The molecule has 0 saturated carbocycles. The summed E-state index contributed by atoms with van der Waals surface area (Å²) in [5, 5.41) is 0. The highest BCUT2D eigenvalue weighted by atomic mass is 16.5. The predicted molar refractivity (Wildman–Crippen MR) is 65.3 cm³/mol. The van der Waals surface area contributed by atoms with Crippen LogP contribution in [-0.4, -0.2) is 26.4 Å². The van der Waals surface area contributed by atoms with Crippen molar-refractivity contribution < 1.29 is 9.47 Å². The Labute approximate surface area is 95.3 Å². The zero-order chi connectivity index (χ0) is 11.5. The SMILES string of the molecule is CCCCC(CC(CCCC)OC)OC. The molecule has 0 amide bonds. The lowest BCUT2D eigenvalue weighted by Gasteiger charge is -2.21. The zero-order valence-electron chi connectivity index (χ0n) is 10.9. The molecule has 0 aromatic carbocycles. The number of unbranched alkanes of at least 4 members (excludes halogenated alkanes) is 2. The Balaban J connectivity index is 3.77. The average Bonchev–Trinajstić information content (AvgIpc) is 2.28. The van der Waals surface area contributed by atoms with Crippen LogP contribution in [0.15, 0.2) is 0 Å². The molecule has 2 atom stereocenters. The molecule has 0 aliphatic carbocycles. The van der Waals surface area contributed by atoms with Crippen LogP contribution in [0.2, 0.25) is 0 Å². The first-order valence-electron chi connectivity index (χ1n) is 6.34. The number of ether oxygens (including phenoxy) is 2. The van der Waals surface area contributed by atoms with Crippen molar-refractivity contribution >= 4 is 0 Å². The second-order valence-electron chi connectivity index (χ2n) is 4.24. The normalized spacial score (nSPS) is 15.2. The molecule has 0 aromatic rings. The lowest BCUT2D eigenvalue weighted by atomic mass is 10.0. The Morgan fingerprint density at radius 2 is 1.20 bits per heavy atom. The summed E-state index contributed by atoms with van der Waals surface area (Å²) in [6, 6.07) is 0. The van der Waals surface area contributed by atoms with Gasteiger partial charge >= 0.3 is 0 Å². The molecule has 0 aliphatic rings. The summed E-state index contributed by atoms with van der Waals surface area (Å²) in [6.07, 6.45) is 9.13. The van der Waals surface area contributed by atoms with Crippen LogP contribution in [0.4, 0.5) is 0 Å². The van der Waals surface area contributed by atoms with Crippen LogP contribution in [0.3, 0.4) is 0 Å². The predicted octanol–water partition coefficient (Wildman–Crippen LogP) is 3.79. The highest BCUT2D eigenvalue weighted by Crippen LogP contribution is 2.16. The Bertz CT molecular complexity index is 112. The van der Waals surface area contributed by atoms with Crippen molar-refractivity contribution in [1.29, 1.82) is 0 Å². The first-order chi connectivity index (χ1) is 7.28. The van der Waals surface area contributed by atoms with Gasteiger partial charge in [-0.05, 0) is 19.3 Å². The van der Waals surface area contributed by atoms with Crippen molar-refractivity contribution in [2.45, 2.75) is 71.0 Å². The maximum absolute atomic E-state index is 5.48. The molecule has 2 heteroatoms. The van der Waals surface area contributed by atoms with Crippen molar-refractivity contribution in [3.63, 3.8) is 0 Å². The van der Waals surface area contributed by atoms with Gasteiger partial charge in [0.1, 0.15) is 0 Å². The van der Waals surface area contributed by atoms with E-state index in [1.54, 1.807) is 0 Å². The van der Waals surface area contributed by atoms with E-state index in [1.807, 2.05) is 14.2 Å². The molecule has 0 spiro atoms. The molecule has 0 aromatic heterocycles. The van der Waals surface area contributed by atoms with E-state index < -0.39 is 0 Å². The first kappa shape index (κ1) is 14.9. The molecular weight excluding hydrogens is 188 g/mol. The molecule has 2 nitrogen and oxygen atoms in total.